The van der Waals surface area contributed by atoms with E-state index in [1.807, 2.05) is 4.90 Å². The minimum atomic E-state index is 0.0484. The molecule has 88 valence electrons. The molecule has 0 aromatic heterocycles. The molecule has 0 bridgehead atoms. The third-order valence-electron chi connectivity index (χ3n) is 3.03. The van der Waals surface area contributed by atoms with Crippen molar-refractivity contribution in [2.75, 3.05) is 19.7 Å². The number of hydrogen-bond donors (Lipinski definition) is 2. The summed E-state index contributed by atoms with van der Waals surface area (Å²) in [6.45, 7) is 0.907. The van der Waals surface area contributed by atoms with Crippen molar-refractivity contribution in [3.8, 4) is 0 Å². The summed E-state index contributed by atoms with van der Waals surface area (Å²) in [5, 5.41) is 8.96. The Bertz CT molecular complexity index is 191. The lowest BCUT2D eigenvalue weighted by Crippen LogP contribution is -2.43. The zero-order valence-corrected chi connectivity index (χ0v) is 9.32. The Hall–Kier alpha value is -0.610. The molecule has 0 aliphatic heterocycles. The first-order valence-corrected chi connectivity index (χ1v) is 5.90. The average molecular weight is 214 g/mol. The maximum atomic E-state index is 11.8. The Morgan fingerprint density at radius 2 is 2.00 bits per heavy atom. The van der Waals surface area contributed by atoms with Gasteiger partial charge >= 0.3 is 0 Å². The molecular formula is C11H22N2O2. The second kappa shape index (κ2) is 6.80. The van der Waals surface area contributed by atoms with Crippen molar-refractivity contribution in [2.45, 2.75) is 44.6 Å². The number of amides is 1. The van der Waals surface area contributed by atoms with Crippen LogP contribution in [-0.4, -0.2) is 41.7 Å². The SMILES string of the molecule is NCCC(=O)N(CCO)C1CCCCC1. The van der Waals surface area contributed by atoms with E-state index in [1.54, 1.807) is 0 Å². The van der Waals surface area contributed by atoms with E-state index in [1.165, 1.54) is 19.3 Å². The summed E-state index contributed by atoms with van der Waals surface area (Å²) < 4.78 is 0. The van der Waals surface area contributed by atoms with Crippen LogP contribution in [-0.2, 0) is 4.79 Å². The Morgan fingerprint density at radius 1 is 1.33 bits per heavy atom. The van der Waals surface area contributed by atoms with Gasteiger partial charge in [-0.3, -0.25) is 4.79 Å². The highest BCUT2D eigenvalue weighted by Gasteiger charge is 2.24. The molecule has 4 heteroatoms. The molecule has 3 N–H and O–H groups in total. The maximum Gasteiger partial charge on any atom is 0.224 e. The number of nitrogens with zero attached hydrogens (tertiary/aromatic N) is 1. The van der Waals surface area contributed by atoms with Gasteiger partial charge in [0.25, 0.3) is 0 Å². The number of aliphatic hydroxyl groups excluding tert-OH is 1. The van der Waals surface area contributed by atoms with E-state index in [-0.39, 0.29) is 12.5 Å². The molecule has 1 aliphatic rings. The summed E-state index contributed by atoms with van der Waals surface area (Å²) in [5.74, 6) is 0.0958. The van der Waals surface area contributed by atoms with E-state index in [4.69, 9.17) is 10.8 Å². The zero-order valence-electron chi connectivity index (χ0n) is 9.32. The minimum absolute atomic E-state index is 0.0484. The monoisotopic (exact) mass is 214 g/mol. The average Bonchev–Trinajstić information content (AvgIpc) is 2.27. The fourth-order valence-corrected chi connectivity index (χ4v) is 2.28. The van der Waals surface area contributed by atoms with Crippen molar-refractivity contribution in [1.29, 1.82) is 0 Å². The first-order valence-electron chi connectivity index (χ1n) is 5.90. The highest BCUT2D eigenvalue weighted by atomic mass is 16.3. The van der Waals surface area contributed by atoms with Crippen LogP contribution in [0.2, 0.25) is 0 Å². The molecule has 0 heterocycles. The molecule has 1 amide bonds. The smallest absolute Gasteiger partial charge is 0.224 e. The highest BCUT2D eigenvalue weighted by molar-refractivity contribution is 5.76. The quantitative estimate of drug-likeness (QED) is 0.700. The molecule has 0 unspecified atom stereocenters. The van der Waals surface area contributed by atoms with Gasteiger partial charge in [-0.25, -0.2) is 0 Å². The summed E-state index contributed by atoms with van der Waals surface area (Å²) in [7, 11) is 0. The van der Waals surface area contributed by atoms with E-state index in [9.17, 15) is 4.79 Å². The van der Waals surface area contributed by atoms with Crippen LogP contribution in [0.3, 0.4) is 0 Å². The summed E-state index contributed by atoms with van der Waals surface area (Å²) in [6.07, 6.45) is 6.22. The predicted octanol–water partition coefficient (Wildman–Crippen LogP) is 0.489. The second-order valence-corrected chi connectivity index (χ2v) is 4.14. The molecule has 0 saturated heterocycles. The van der Waals surface area contributed by atoms with Crippen molar-refractivity contribution in [3.05, 3.63) is 0 Å². The van der Waals surface area contributed by atoms with Gasteiger partial charge in [0.2, 0.25) is 5.91 Å². The molecule has 1 aliphatic carbocycles. The summed E-state index contributed by atoms with van der Waals surface area (Å²) in [4.78, 5) is 13.6. The molecule has 1 saturated carbocycles. The lowest BCUT2D eigenvalue weighted by molar-refractivity contribution is -0.134. The number of rotatable bonds is 5. The van der Waals surface area contributed by atoms with Crippen LogP contribution < -0.4 is 5.73 Å². The van der Waals surface area contributed by atoms with Crippen LogP contribution in [0.25, 0.3) is 0 Å². The maximum absolute atomic E-state index is 11.8. The van der Waals surface area contributed by atoms with Gasteiger partial charge in [-0.15, -0.1) is 0 Å². The Balaban J connectivity index is 2.50. The lowest BCUT2D eigenvalue weighted by Gasteiger charge is -2.34. The third kappa shape index (κ3) is 3.80. The summed E-state index contributed by atoms with van der Waals surface area (Å²) in [6, 6.07) is 0.338. The van der Waals surface area contributed by atoms with Crippen molar-refractivity contribution in [3.63, 3.8) is 0 Å². The molecule has 15 heavy (non-hydrogen) atoms. The van der Waals surface area contributed by atoms with Crippen molar-refractivity contribution < 1.29 is 9.90 Å². The number of carbonyl (C=O) groups excluding carboxylic acids is 1. The molecule has 0 spiro atoms. The fourth-order valence-electron chi connectivity index (χ4n) is 2.28. The number of hydrogen-bond acceptors (Lipinski definition) is 3. The molecule has 1 fully saturated rings. The molecular weight excluding hydrogens is 192 g/mol. The topological polar surface area (TPSA) is 66.6 Å². The van der Waals surface area contributed by atoms with Crippen molar-refractivity contribution in [1.82, 2.24) is 4.90 Å². The normalized spacial score (nSPS) is 17.7. The van der Waals surface area contributed by atoms with E-state index >= 15 is 0 Å². The lowest BCUT2D eigenvalue weighted by atomic mass is 9.94. The fraction of sp³-hybridized carbons (Fsp3) is 0.909. The van der Waals surface area contributed by atoms with Gasteiger partial charge in [0.1, 0.15) is 0 Å². The van der Waals surface area contributed by atoms with Crippen LogP contribution >= 0.6 is 0 Å². The van der Waals surface area contributed by atoms with Gasteiger partial charge in [0, 0.05) is 25.6 Å². The Labute approximate surface area is 91.4 Å². The molecule has 0 aromatic rings. The second-order valence-electron chi connectivity index (χ2n) is 4.14. The zero-order chi connectivity index (χ0) is 11.1. The largest absolute Gasteiger partial charge is 0.395 e. The third-order valence-corrected chi connectivity index (χ3v) is 3.03. The summed E-state index contributed by atoms with van der Waals surface area (Å²) in [5.41, 5.74) is 5.38. The van der Waals surface area contributed by atoms with Crippen molar-refractivity contribution in [2.24, 2.45) is 5.73 Å². The molecule has 4 nitrogen and oxygen atoms in total. The van der Waals surface area contributed by atoms with E-state index in [0.717, 1.165) is 12.8 Å². The van der Waals surface area contributed by atoms with E-state index in [2.05, 4.69) is 0 Å². The molecule has 0 radical (unpaired) electrons. The van der Waals surface area contributed by atoms with Crippen molar-refractivity contribution >= 4 is 5.91 Å². The first kappa shape index (κ1) is 12.5. The summed E-state index contributed by atoms with van der Waals surface area (Å²) >= 11 is 0. The van der Waals surface area contributed by atoms with E-state index < -0.39 is 0 Å². The Kier molecular flexibility index (Phi) is 5.65. The number of aliphatic hydroxyl groups is 1. The molecule has 0 aromatic carbocycles. The van der Waals surface area contributed by atoms with Gasteiger partial charge in [0.05, 0.1) is 6.61 Å². The van der Waals surface area contributed by atoms with Crippen LogP contribution in [0, 0.1) is 0 Å². The Morgan fingerprint density at radius 3 is 2.53 bits per heavy atom. The van der Waals surface area contributed by atoms with Gasteiger partial charge in [-0.2, -0.15) is 0 Å². The molecule has 1 rings (SSSR count). The van der Waals surface area contributed by atoms with Crippen LogP contribution in [0.5, 0.6) is 0 Å². The van der Waals surface area contributed by atoms with Crippen LogP contribution in [0.4, 0.5) is 0 Å². The van der Waals surface area contributed by atoms with Gasteiger partial charge < -0.3 is 15.7 Å². The highest BCUT2D eigenvalue weighted by Crippen LogP contribution is 2.22. The predicted molar refractivity (Wildman–Crippen MR) is 59.3 cm³/mol. The number of nitrogens with two attached hydrogens (primary N) is 1. The van der Waals surface area contributed by atoms with Crippen LogP contribution in [0.15, 0.2) is 0 Å². The van der Waals surface area contributed by atoms with Gasteiger partial charge in [0.15, 0.2) is 0 Å². The molecule has 0 atom stereocenters. The first-order chi connectivity index (χ1) is 7.29. The number of carbonyl (C=O) groups is 1. The van der Waals surface area contributed by atoms with Crippen LogP contribution in [0.1, 0.15) is 38.5 Å². The van der Waals surface area contributed by atoms with Gasteiger partial charge in [-0.1, -0.05) is 19.3 Å². The minimum Gasteiger partial charge on any atom is -0.395 e. The van der Waals surface area contributed by atoms with E-state index in [0.29, 0.717) is 25.6 Å². The van der Waals surface area contributed by atoms with Gasteiger partial charge in [-0.05, 0) is 12.8 Å². The standard InChI is InChI=1S/C11H22N2O2/c12-7-6-11(15)13(8-9-14)10-4-2-1-3-5-10/h10,14H,1-9,12H2.